The fourth-order valence-corrected chi connectivity index (χ4v) is 2.70. The van der Waals surface area contributed by atoms with Crippen LogP contribution in [0.3, 0.4) is 0 Å². The molecule has 0 aliphatic rings. The highest BCUT2D eigenvalue weighted by Crippen LogP contribution is 2.02. The summed E-state index contributed by atoms with van der Waals surface area (Å²) in [5.41, 5.74) is 5.74. The van der Waals surface area contributed by atoms with E-state index < -0.39 is 16.1 Å². The molecule has 0 aromatic heterocycles. The third kappa shape index (κ3) is 8.18. The van der Waals surface area contributed by atoms with Gasteiger partial charge in [-0.25, -0.2) is 12.7 Å². The van der Waals surface area contributed by atoms with Crippen molar-refractivity contribution in [2.24, 2.45) is 11.7 Å². The summed E-state index contributed by atoms with van der Waals surface area (Å²) >= 11 is 0. The summed E-state index contributed by atoms with van der Waals surface area (Å²) in [5, 5.41) is 2.73. The van der Waals surface area contributed by atoms with E-state index in [4.69, 9.17) is 5.73 Å². The van der Waals surface area contributed by atoms with Crippen LogP contribution in [0.5, 0.6) is 0 Å². The van der Waals surface area contributed by atoms with Crippen molar-refractivity contribution >= 4 is 15.9 Å². The molecule has 0 spiro atoms. The number of nitrogens with zero attached hydrogens (tertiary/aromatic N) is 1. The van der Waals surface area contributed by atoms with Crippen LogP contribution in [0.25, 0.3) is 0 Å². The molecule has 3 N–H and O–H groups in total. The van der Waals surface area contributed by atoms with Crippen LogP contribution in [-0.2, 0) is 14.8 Å². The zero-order valence-corrected chi connectivity index (χ0v) is 13.2. The molecule has 19 heavy (non-hydrogen) atoms. The van der Waals surface area contributed by atoms with Crippen LogP contribution >= 0.6 is 0 Å². The predicted molar refractivity (Wildman–Crippen MR) is 77.1 cm³/mol. The highest BCUT2D eigenvalue weighted by Gasteiger charge is 2.16. The van der Waals surface area contributed by atoms with E-state index in [2.05, 4.69) is 5.32 Å². The topological polar surface area (TPSA) is 92.5 Å². The summed E-state index contributed by atoms with van der Waals surface area (Å²) in [5.74, 6) is 0.206. The zero-order valence-electron chi connectivity index (χ0n) is 12.3. The first-order chi connectivity index (χ1) is 8.68. The Morgan fingerprint density at radius 3 is 2.37 bits per heavy atom. The number of carbonyl (C=O) groups is 1. The van der Waals surface area contributed by atoms with Crippen molar-refractivity contribution in [2.75, 3.05) is 25.9 Å². The molecule has 6 nitrogen and oxygen atoms in total. The van der Waals surface area contributed by atoms with Crippen molar-refractivity contribution in [1.29, 1.82) is 0 Å². The van der Waals surface area contributed by atoms with Gasteiger partial charge in [0.25, 0.3) is 0 Å². The number of sulfonamides is 1. The molecule has 0 aliphatic carbocycles. The Bertz CT molecular complexity index is 368. The fourth-order valence-electron chi connectivity index (χ4n) is 1.77. The lowest BCUT2D eigenvalue weighted by molar-refractivity contribution is -0.122. The molecule has 1 amide bonds. The van der Waals surface area contributed by atoms with Gasteiger partial charge in [0.2, 0.25) is 15.9 Å². The van der Waals surface area contributed by atoms with E-state index >= 15 is 0 Å². The van der Waals surface area contributed by atoms with Crippen LogP contribution in [0, 0.1) is 5.92 Å². The molecule has 0 fully saturated rings. The number of amides is 1. The van der Waals surface area contributed by atoms with E-state index in [0.717, 1.165) is 0 Å². The lowest BCUT2D eigenvalue weighted by atomic mass is 10.0. The predicted octanol–water partition coefficient (Wildman–Crippen LogP) is 0.148. The van der Waals surface area contributed by atoms with Crippen LogP contribution in [-0.4, -0.2) is 50.6 Å². The largest absolute Gasteiger partial charge is 0.355 e. The molecule has 1 atom stereocenters. The second kappa shape index (κ2) is 8.50. The standard InChI is InChI=1S/C12H27N3O3S/c1-5-15(19(4,17)18)8-6-7-14-12(16)11(13)9-10(2)3/h10-11H,5-9,13H2,1-4H3,(H,14,16)/t11-/m0/s1. The van der Waals surface area contributed by atoms with Gasteiger partial charge in [0.05, 0.1) is 12.3 Å². The molecule has 0 aliphatic heterocycles. The number of nitrogens with two attached hydrogens (primary N) is 1. The molecule has 0 rings (SSSR count). The Morgan fingerprint density at radius 2 is 1.95 bits per heavy atom. The molecule has 0 radical (unpaired) electrons. The maximum absolute atomic E-state index is 11.6. The van der Waals surface area contributed by atoms with Crippen molar-refractivity contribution in [2.45, 2.75) is 39.7 Å². The lowest BCUT2D eigenvalue weighted by Crippen LogP contribution is -2.42. The van der Waals surface area contributed by atoms with Crippen LogP contribution in [0.15, 0.2) is 0 Å². The molecule has 0 saturated carbocycles. The summed E-state index contributed by atoms with van der Waals surface area (Å²) in [6.45, 7) is 7.11. The Kier molecular flexibility index (Phi) is 8.20. The average molecular weight is 293 g/mol. The van der Waals surface area contributed by atoms with Gasteiger partial charge >= 0.3 is 0 Å². The van der Waals surface area contributed by atoms with Gasteiger partial charge in [0.15, 0.2) is 0 Å². The van der Waals surface area contributed by atoms with Crippen molar-refractivity contribution in [1.82, 2.24) is 9.62 Å². The number of hydrogen-bond acceptors (Lipinski definition) is 4. The lowest BCUT2D eigenvalue weighted by Gasteiger charge is -2.18. The first kappa shape index (κ1) is 18.3. The first-order valence-corrected chi connectivity index (χ1v) is 8.51. The monoisotopic (exact) mass is 293 g/mol. The molecule has 0 saturated heterocycles. The second-order valence-corrected chi connectivity index (χ2v) is 7.12. The van der Waals surface area contributed by atoms with Crippen LogP contribution in [0.2, 0.25) is 0 Å². The number of nitrogens with one attached hydrogen (secondary N) is 1. The van der Waals surface area contributed by atoms with E-state index in [-0.39, 0.29) is 5.91 Å². The van der Waals surface area contributed by atoms with Gasteiger partial charge in [-0.15, -0.1) is 0 Å². The molecular formula is C12H27N3O3S. The maximum Gasteiger partial charge on any atom is 0.236 e. The molecule has 7 heteroatoms. The third-order valence-corrected chi connectivity index (χ3v) is 4.15. The molecule has 0 heterocycles. The zero-order chi connectivity index (χ0) is 15.1. The van der Waals surface area contributed by atoms with Crippen molar-refractivity contribution in [3.63, 3.8) is 0 Å². The third-order valence-electron chi connectivity index (χ3n) is 2.77. The van der Waals surface area contributed by atoms with E-state index in [1.165, 1.54) is 10.6 Å². The average Bonchev–Trinajstić information content (AvgIpc) is 2.25. The van der Waals surface area contributed by atoms with E-state index in [0.29, 0.717) is 38.4 Å². The number of hydrogen-bond donors (Lipinski definition) is 2. The Hall–Kier alpha value is -0.660. The van der Waals surface area contributed by atoms with Crippen LogP contribution in [0.4, 0.5) is 0 Å². The quantitative estimate of drug-likeness (QED) is 0.592. The van der Waals surface area contributed by atoms with Crippen LogP contribution in [0.1, 0.15) is 33.6 Å². The molecule has 0 aromatic rings. The van der Waals surface area contributed by atoms with Gasteiger partial charge in [-0.2, -0.15) is 0 Å². The van der Waals surface area contributed by atoms with Gasteiger partial charge in [0, 0.05) is 19.6 Å². The first-order valence-electron chi connectivity index (χ1n) is 6.66. The Balaban J connectivity index is 3.95. The van der Waals surface area contributed by atoms with Crippen LogP contribution < -0.4 is 11.1 Å². The second-order valence-electron chi connectivity index (χ2n) is 5.14. The van der Waals surface area contributed by atoms with Gasteiger partial charge in [-0.3, -0.25) is 4.79 Å². The number of rotatable bonds is 9. The van der Waals surface area contributed by atoms with Gasteiger partial charge in [0.1, 0.15) is 0 Å². The highest BCUT2D eigenvalue weighted by atomic mass is 32.2. The minimum absolute atomic E-state index is 0.170. The molecule has 0 aromatic carbocycles. The number of carbonyl (C=O) groups excluding carboxylic acids is 1. The minimum atomic E-state index is -3.15. The Labute approximate surface area is 116 Å². The van der Waals surface area contributed by atoms with Gasteiger partial charge in [-0.05, 0) is 18.8 Å². The summed E-state index contributed by atoms with van der Waals surface area (Å²) < 4.78 is 24.1. The molecule has 114 valence electrons. The summed E-state index contributed by atoms with van der Waals surface area (Å²) in [7, 11) is -3.15. The smallest absolute Gasteiger partial charge is 0.236 e. The van der Waals surface area contributed by atoms with E-state index in [1.807, 2.05) is 13.8 Å². The van der Waals surface area contributed by atoms with Gasteiger partial charge < -0.3 is 11.1 Å². The normalized spacial score (nSPS) is 13.8. The summed E-state index contributed by atoms with van der Waals surface area (Å²) in [6, 6.07) is -0.489. The highest BCUT2D eigenvalue weighted by molar-refractivity contribution is 7.88. The molecule has 0 bridgehead atoms. The molecule has 0 unspecified atom stereocenters. The summed E-state index contributed by atoms with van der Waals surface area (Å²) in [6.07, 6.45) is 2.42. The fraction of sp³-hybridized carbons (Fsp3) is 0.917. The minimum Gasteiger partial charge on any atom is -0.355 e. The van der Waals surface area contributed by atoms with Crippen molar-refractivity contribution < 1.29 is 13.2 Å². The van der Waals surface area contributed by atoms with Gasteiger partial charge in [-0.1, -0.05) is 20.8 Å². The summed E-state index contributed by atoms with van der Waals surface area (Å²) in [4.78, 5) is 11.6. The maximum atomic E-state index is 11.6. The van der Waals surface area contributed by atoms with E-state index in [1.54, 1.807) is 6.92 Å². The van der Waals surface area contributed by atoms with Crippen molar-refractivity contribution in [3.8, 4) is 0 Å². The Morgan fingerprint density at radius 1 is 1.37 bits per heavy atom. The van der Waals surface area contributed by atoms with Crippen molar-refractivity contribution in [3.05, 3.63) is 0 Å². The molecular weight excluding hydrogens is 266 g/mol. The SMILES string of the molecule is CCN(CCCNC(=O)[C@@H](N)CC(C)C)S(C)(=O)=O. The van der Waals surface area contributed by atoms with E-state index in [9.17, 15) is 13.2 Å².